The van der Waals surface area contributed by atoms with Crippen LogP contribution in [0.15, 0.2) is 23.5 Å². The highest BCUT2D eigenvalue weighted by molar-refractivity contribution is 5.95. The van der Waals surface area contributed by atoms with Gasteiger partial charge in [0.1, 0.15) is 5.69 Å². The number of hydrogen-bond acceptors (Lipinski definition) is 5. The second kappa shape index (κ2) is 6.67. The fourth-order valence-electron chi connectivity index (χ4n) is 2.45. The van der Waals surface area contributed by atoms with Gasteiger partial charge < -0.3 is 20.4 Å². The minimum atomic E-state index is 0.000149. The molecule has 0 aromatic carbocycles. The number of nitrogens with two attached hydrogens (primary N) is 1. The summed E-state index contributed by atoms with van der Waals surface area (Å²) in [7, 11) is 0. The predicted octanol–water partition coefficient (Wildman–Crippen LogP) is 1.65. The lowest BCUT2D eigenvalue weighted by molar-refractivity contribution is -0.106. The van der Waals surface area contributed by atoms with Gasteiger partial charge in [0.15, 0.2) is 5.84 Å². The van der Waals surface area contributed by atoms with Gasteiger partial charge in [-0.3, -0.25) is 4.98 Å². The van der Waals surface area contributed by atoms with E-state index in [9.17, 15) is 0 Å². The quantitative estimate of drug-likeness (QED) is 0.378. The Morgan fingerprint density at radius 1 is 1.50 bits per heavy atom. The first-order chi connectivity index (χ1) is 9.58. The van der Waals surface area contributed by atoms with Crippen molar-refractivity contribution in [1.82, 2.24) is 4.98 Å². The number of nitrogens with zero attached hydrogens (tertiary/aromatic N) is 2. The van der Waals surface area contributed by atoms with Crippen molar-refractivity contribution in [3.63, 3.8) is 0 Å². The van der Waals surface area contributed by atoms with Crippen LogP contribution in [0.2, 0.25) is 0 Å². The van der Waals surface area contributed by atoms with Gasteiger partial charge in [-0.1, -0.05) is 5.16 Å². The Morgan fingerprint density at radius 2 is 2.20 bits per heavy atom. The first-order valence-electron chi connectivity index (χ1n) is 6.78. The third-order valence-corrected chi connectivity index (χ3v) is 3.33. The molecule has 0 saturated carbocycles. The third kappa shape index (κ3) is 3.91. The highest BCUT2D eigenvalue weighted by Gasteiger charge is 2.24. The fourth-order valence-corrected chi connectivity index (χ4v) is 2.45. The zero-order valence-electron chi connectivity index (χ0n) is 11.8. The van der Waals surface area contributed by atoms with E-state index >= 15 is 0 Å². The zero-order valence-corrected chi connectivity index (χ0v) is 11.8. The highest BCUT2D eigenvalue weighted by atomic mass is 16.5. The molecule has 1 aromatic heterocycles. The van der Waals surface area contributed by atoms with Gasteiger partial charge in [-0.2, -0.15) is 0 Å². The van der Waals surface area contributed by atoms with E-state index in [1.165, 1.54) is 0 Å². The summed E-state index contributed by atoms with van der Waals surface area (Å²) in [4.78, 5) is 4.04. The van der Waals surface area contributed by atoms with Gasteiger partial charge in [-0.15, -0.1) is 0 Å². The van der Waals surface area contributed by atoms with Crippen LogP contribution in [-0.2, 0) is 16.1 Å². The van der Waals surface area contributed by atoms with Gasteiger partial charge in [0, 0.05) is 6.20 Å². The zero-order chi connectivity index (χ0) is 14.5. The standard InChI is InChI=1S/C14H21N3O3/c1-9-5-12(6-10(2)20-9)19-8-11-3-4-16-13(7-11)14(15)17-18/h3-4,7,9-10,12,18H,5-6,8H2,1-2H3,(H2,15,17). The van der Waals surface area contributed by atoms with E-state index in [2.05, 4.69) is 24.0 Å². The van der Waals surface area contributed by atoms with Crippen LogP contribution < -0.4 is 5.73 Å². The van der Waals surface area contributed by atoms with E-state index in [1.54, 1.807) is 12.3 Å². The van der Waals surface area contributed by atoms with E-state index < -0.39 is 0 Å². The van der Waals surface area contributed by atoms with Gasteiger partial charge >= 0.3 is 0 Å². The van der Waals surface area contributed by atoms with Crippen molar-refractivity contribution in [2.75, 3.05) is 0 Å². The van der Waals surface area contributed by atoms with Crippen molar-refractivity contribution in [2.45, 2.75) is 51.6 Å². The lowest BCUT2D eigenvalue weighted by Gasteiger charge is -2.32. The minimum Gasteiger partial charge on any atom is -0.409 e. The molecule has 20 heavy (non-hydrogen) atoms. The van der Waals surface area contributed by atoms with Crippen LogP contribution in [0.5, 0.6) is 0 Å². The summed E-state index contributed by atoms with van der Waals surface area (Å²) in [6.45, 7) is 4.61. The first kappa shape index (κ1) is 14.7. The molecule has 6 heteroatoms. The smallest absolute Gasteiger partial charge is 0.188 e. The highest BCUT2D eigenvalue weighted by Crippen LogP contribution is 2.22. The SMILES string of the molecule is CC1CC(OCc2ccnc(/C(N)=N/O)c2)CC(C)O1. The van der Waals surface area contributed by atoms with Crippen LogP contribution in [-0.4, -0.2) is 34.3 Å². The largest absolute Gasteiger partial charge is 0.409 e. The number of pyridine rings is 1. The molecule has 110 valence electrons. The van der Waals surface area contributed by atoms with Crippen LogP contribution in [0.1, 0.15) is 37.9 Å². The molecule has 2 unspecified atom stereocenters. The number of aromatic nitrogens is 1. The summed E-state index contributed by atoms with van der Waals surface area (Å²) in [5.41, 5.74) is 6.92. The molecule has 1 aliphatic rings. The minimum absolute atomic E-state index is 0.000149. The molecule has 1 saturated heterocycles. The van der Waals surface area contributed by atoms with Gasteiger partial charge in [-0.25, -0.2) is 0 Å². The normalized spacial score (nSPS) is 27.5. The number of amidine groups is 1. The van der Waals surface area contributed by atoms with Crippen LogP contribution >= 0.6 is 0 Å². The van der Waals surface area contributed by atoms with Gasteiger partial charge in [0.05, 0.1) is 24.9 Å². The average molecular weight is 279 g/mol. The average Bonchev–Trinajstić information content (AvgIpc) is 2.43. The second-order valence-electron chi connectivity index (χ2n) is 5.20. The summed E-state index contributed by atoms with van der Waals surface area (Å²) in [5.74, 6) is 0.000149. The molecule has 2 heterocycles. The summed E-state index contributed by atoms with van der Waals surface area (Å²) in [6.07, 6.45) is 4.10. The maximum atomic E-state index is 8.65. The van der Waals surface area contributed by atoms with Crippen LogP contribution in [0.25, 0.3) is 0 Å². The van der Waals surface area contributed by atoms with Crippen molar-refractivity contribution in [1.29, 1.82) is 0 Å². The molecule has 2 rings (SSSR count). The fraction of sp³-hybridized carbons (Fsp3) is 0.571. The van der Waals surface area contributed by atoms with Crippen molar-refractivity contribution < 1.29 is 14.7 Å². The molecule has 1 fully saturated rings. The lowest BCUT2D eigenvalue weighted by atomic mass is 10.0. The Bertz CT molecular complexity index is 468. The molecule has 3 N–H and O–H groups in total. The molecule has 0 radical (unpaired) electrons. The van der Waals surface area contributed by atoms with E-state index in [0.717, 1.165) is 18.4 Å². The van der Waals surface area contributed by atoms with Crippen LogP contribution in [0.3, 0.4) is 0 Å². The van der Waals surface area contributed by atoms with Gasteiger partial charge in [0.25, 0.3) is 0 Å². The van der Waals surface area contributed by atoms with Gasteiger partial charge in [0.2, 0.25) is 0 Å². The Morgan fingerprint density at radius 3 is 2.85 bits per heavy atom. The summed E-state index contributed by atoms with van der Waals surface area (Å²) >= 11 is 0. The summed E-state index contributed by atoms with van der Waals surface area (Å²) in [6, 6.07) is 3.63. The van der Waals surface area contributed by atoms with Crippen LogP contribution in [0, 0.1) is 0 Å². The first-order valence-corrected chi connectivity index (χ1v) is 6.78. The maximum absolute atomic E-state index is 8.65. The Hall–Kier alpha value is -1.66. The number of rotatable bonds is 4. The third-order valence-electron chi connectivity index (χ3n) is 3.33. The summed E-state index contributed by atoms with van der Waals surface area (Å²) in [5, 5.41) is 11.6. The Balaban J connectivity index is 1.94. The van der Waals surface area contributed by atoms with E-state index in [0.29, 0.717) is 12.3 Å². The number of hydrogen-bond donors (Lipinski definition) is 2. The second-order valence-corrected chi connectivity index (χ2v) is 5.20. The van der Waals surface area contributed by atoms with Crippen molar-refractivity contribution in [3.8, 4) is 0 Å². The molecule has 0 spiro atoms. The topological polar surface area (TPSA) is 90.0 Å². The lowest BCUT2D eigenvalue weighted by Crippen LogP contribution is -2.34. The molecule has 0 amide bonds. The molecular formula is C14H21N3O3. The maximum Gasteiger partial charge on any atom is 0.188 e. The predicted molar refractivity (Wildman–Crippen MR) is 74.6 cm³/mol. The molecule has 1 aliphatic heterocycles. The van der Waals surface area contributed by atoms with E-state index in [-0.39, 0.29) is 24.1 Å². The van der Waals surface area contributed by atoms with Gasteiger partial charge in [-0.05, 0) is 44.4 Å². The molecule has 1 aromatic rings. The monoisotopic (exact) mass is 279 g/mol. The molecule has 0 aliphatic carbocycles. The van der Waals surface area contributed by atoms with Crippen molar-refractivity contribution >= 4 is 5.84 Å². The Labute approximate surface area is 118 Å². The van der Waals surface area contributed by atoms with Crippen molar-refractivity contribution in [3.05, 3.63) is 29.6 Å². The van der Waals surface area contributed by atoms with Crippen LogP contribution in [0.4, 0.5) is 0 Å². The number of ether oxygens (including phenoxy) is 2. The van der Waals surface area contributed by atoms with Crippen molar-refractivity contribution in [2.24, 2.45) is 10.9 Å². The molecule has 0 bridgehead atoms. The molecule has 6 nitrogen and oxygen atoms in total. The van der Waals surface area contributed by atoms with E-state index in [1.807, 2.05) is 6.07 Å². The Kier molecular flexibility index (Phi) is 4.92. The summed E-state index contributed by atoms with van der Waals surface area (Å²) < 4.78 is 11.6. The number of oxime groups is 1. The molecular weight excluding hydrogens is 258 g/mol. The molecule has 2 atom stereocenters. The van der Waals surface area contributed by atoms with E-state index in [4.69, 9.17) is 20.4 Å².